The maximum atomic E-state index is 8.37. The van der Waals surface area contributed by atoms with Gasteiger partial charge in [-0.3, -0.25) is 10.4 Å². The van der Waals surface area contributed by atoms with Crippen LogP contribution in [0.4, 0.5) is 0 Å². The molecule has 132 valence electrons. The minimum atomic E-state index is 0. The smallest absolute Gasteiger partial charge is 0.146 e. The molecule has 0 spiro atoms. The van der Waals surface area contributed by atoms with Gasteiger partial charge in [0, 0.05) is 17.9 Å². The summed E-state index contributed by atoms with van der Waals surface area (Å²) < 4.78 is 5.44. The van der Waals surface area contributed by atoms with Crippen molar-refractivity contribution in [1.82, 2.24) is 5.01 Å². The van der Waals surface area contributed by atoms with Crippen molar-refractivity contribution in [3.63, 3.8) is 0 Å². The van der Waals surface area contributed by atoms with Gasteiger partial charge in [-0.2, -0.15) is 5.10 Å². The Kier molecular flexibility index (Phi) is 6.45. The number of para-hydroxylation sites is 1. The van der Waals surface area contributed by atoms with Gasteiger partial charge in [0.05, 0.1) is 24.4 Å². The van der Waals surface area contributed by atoms with Gasteiger partial charge in [0.25, 0.3) is 0 Å². The van der Waals surface area contributed by atoms with Crippen molar-refractivity contribution >= 4 is 35.6 Å². The third-order valence-electron chi connectivity index (χ3n) is 4.12. The van der Waals surface area contributed by atoms with E-state index in [0.29, 0.717) is 29.6 Å². The molecule has 2 aromatic rings. The maximum Gasteiger partial charge on any atom is 0.146 e. The lowest BCUT2D eigenvalue weighted by Crippen LogP contribution is -2.26. The Morgan fingerprint density at radius 1 is 1.24 bits per heavy atom. The molecule has 0 aliphatic carbocycles. The van der Waals surface area contributed by atoms with Crippen molar-refractivity contribution in [2.75, 3.05) is 13.7 Å². The molecule has 0 saturated heterocycles. The number of benzene rings is 2. The lowest BCUT2D eigenvalue weighted by Gasteiger charge is -2.15. The van der Waals surface area contributed by atoms with Crippen LogP contribution in [0.1, 0.15) is 18.1 Å². The fourth-order valence-corrected chi connectivity index (χ4v) is 3.16. The lowest BCUT2D eigenvalue weighted by molar-refractivity contribution is 0.414. The third-order valence-corrected chi connectivity index (χ3v) is 4.41. The largest absolute Gasteiger partial charge is 0.494 e. The maximum absolute atomic E-state index is 8.37. The topological polar surface area (TPSA) is 48.7 Å². The van der Waals surface area contributed by atoms with Gasteiger partial charge in [0.2, 0.25) is 0 Å². The summed E-state index contributed by atoms with van der Waals surface area (Å²) in [6.45, 7) is 2.80. The van der Waals surface area contributed by atoms with Crippen molar-refractivity contribution in [3.05, 3.63) is 64.7 Å². The van der Waals surface area contributed by atoms with Crippen molar-refractivity contribution < 1.29 is 4.74 Å². The van der Waals surface area contributed by atoms with Crippen LogP contribution in [0.25, 0.3) is 0 Å². The van der Waals surface area contributed by atoms with Gasteiger partial charge in [0.15, 0.2) is 0 Å². The average Bonchev–Trinajstić information content (AvgIpc) is 2.97. The molecule has 0 radical (unpaired) electrons. The van der Waals surface area contributed by atoms with E-state index in [-0.39, 0.29) is 18.3 Å². The van der Waals surface area contributed by atoms with E-state index in [9.17, 15) is 0 Å². The van der Waals surface area contributed by atoms with Gasteiger partial charge >= 0.3 is 0 Å². The second kappa shape index (κ2) is 8.37. The highest BCUT2D eigenvalue weighted by atomic mass is 35.5. The number of hydrogen-bond donors (Lipinski definition) is 1. The molecule has 1 unspecified atom stereocenters. The minimum Gasteiger partial charge on any atom is -0.494 e. The molecule has 0 fully saturated rings. The van der Waals surface area contributed by atoms with Crippen LogP contribution in [0.3, 0.4) is 0 Å². The summed E-state index contributed by atoms with van der Waals surface area (Å²) in [4.78, 5) is 0. The molecule has 0 aromatic heterocycles. The Balaban J connectivity index is 0.00000225. The van der Waals surface area contributed by atoms with E-state index in [2.05, 4.69) is 12.0 Å². The SMILES string of the molecule is COc1c(Cl)cccc1C1=NN(C(=N)Cc2ccccc2)CC1C.Cl. The standard InChI is InChI=1S/C19H20ClN3O.ClH/c1-13-12-23(17(21)11-14-7-4-3-5-8-14)22-18(13)15-9-6-10-16(20)19(15)24-2;/h3-10,13,21H,11-12H2,1-2H3;1H. The first-order valence-corrected chi connectivity index (χ1v) is 8.28. The Labute approximate surface area is 159 Å². The molecule has 1 atom stereocenters. The Morgan fingerprint density at radius 3 is 2.64 bits per heavy atom. The van der Waals surface area contributed by atoms with E-state index in [4.69, 9.17) is 21.7 Å². The van der Waals surface area contributed by atoms with Gasteiger partial charge in [-0.25, -0.2) is 0 Å². The zero-order valence-corrected chi connectivity index (χ0v) is 15.8. The first-order valence-electron chi connectivity index (χ1n) is 7.90. The molecule has 1 aliphatic rings. The molecule has 1 aliphatic heterocycles. The third kappa shape index (κ3) is 4.14. The van der Waals surface area contributed by atoms with E-state index in [1.165, 1.54) is 0 Å². The number of amidine groups is 1. The average molecular weight is 378 g/mol. The highest BCUT2D eigenvalue weighted by Gasteiger charge is 2.28. The van der Waals surface area contributed by atoms with E-state index in [1.807, 2.05) is 42.5 Å². The highest BCUT2D eigenvalue weighted by molar-refractivity contribution is 6.32. The summed E-state index contributed by atoms with van der Waals surface area (Å²) in [5.74, 6) is 1.33. The summed E-state index contributed by atoms with van der Waals surface area (Å²) in [5.41, 5.74) is 2.92. The van der Waals surface area contributed by atoms with Gasteiger partial charge < -0.3 is 4.74 Å². The normalized spacial score (nSPS) is 16.2. The van der Waals surface area contributed by atoms with Crippen molar-refractivity contribution in [2.45, 2.75) is 13.3 Å². The molecule has 3 rings (SSSR count). The molecule has 6 heteroatoms. The number of hydrogen-bond acceptors (Lipinski definition) is 3. The second-order valence-corrected chi connectivity index (χ2v) is 6.31. The molecular formula is C19H21Cl2N3O. The quantitative estimate of drug-likeness (QED) is 0.622. The van der Waals surface area contributed by atoms with Crippen LogP contribution in [0.15, 0.2) is 53.6 Å². The number of rotatable bonds is 4. The predicted octanol–water partition coefficient (Wildman–Crippen LogP) is 4.65. The molecule has 0 bridgehead atoms. The summed E-state index contributed by atoms with van der Waals surface area (Å²) in [6, 6.07) is 15.7. The van der Waals surface area contributed by atoms with Crippen LogP contribution in [0, 0.1) is 11.3 Å². The number of ether oxygens (including phenoxy) is 1. The van der Waals surface area contributed by atoms with Crippen molar-refractivity contribution in [1.29, 1.82) is 5.41 Å². The minimum absolute atomic E-state index is 0. The fourth-order valence-electron chi connectivity index (χ4n) is 2.90. The van der Waals surface area contributed by atoms with Gasteiger partial charge in [-0.15, -0.1) is 12.4 Å². The molecule has 4 nitrogen and oxygen atoms in total. The van der Waals surface area contributed by atoms with Crippen molar-refractivity contribution in [2.24, 2.45) is 11.0 Å². The predicted molar refractivity (Wildman–Crippen MR) is 106 cm³/mol. The number of hydrazone groups is 1. The first kappa shape index (κ1) is 19.3. The second-order valence-electron chi connectivity index (χ2n) is 5.90. The summed E-state index contributed by atoms with van der Waals surface area (Å²) >= 11 is 6.23. The van der Waals surface area contributed by atoms with Gasteiger partial charge in [-0.1, -0.05) is 54.9 Å². The lowest BCUT2D eigenvalue weighted by atomic mass is 9.98. The number of nitrogens with one attached hydrogen (secondary N) is 1. The molecule has 0 saturated carbocycles. The molecule has 1 heterocycles. The van der Waals surface area contributed by atoms with E-state index < -0.39 is 0 Å². The van der Waals surface area contributed by atoms with E-state index >= 15 is 0 Å². The van der Waals surface area contributed by atoms with Crippen molar-refractivity contribution in [3.8, 4) is 5.75 Å². The zero-order valence-electron chi connectivity index (χ0n) is 14.2. The monoisotopic (exact) mass is 377 g/mol. The first-order chi connectivity index (χ1) is 11.6. The van der Waals surface area contributed by atoms with Gasteiger partial charge in [0.1, 0.15) is 11.6 Å². The summed E-state index contributed by atoms with van der Waals surface area (Å²) in [7, 11) is 1.61. The number of halogens is 2. The summed E-state index contributed by atoms with van der Waals surface area (Å²) in [5, 5.41) is 15.4. The Hall–Kier alpha value is -2.04. The highest BCUT2D eigenvalue weighted by Crippen LogP contribution is 2.32. The number of methoxy groups -OCH3 is 1. The number of nitrogens with zero attached hydrogens (tertiary/aromatic N) is 2. The van der Waals surface area contributed by atoms with Gasteiger partial charge in [-0.05, 0) is 17.7 Å². The van der Waals surface area contributed by atoms with Crippen LogP contribution in [-0.2, 0) is 6.42 Å². The molecule has 25 heavy (non-hydrogen) atoms. The van der Waals surface area contributed by atoms with Crippen LogP contribution < -0.4 is 4.74 Å². The van der Waals surface area contributed by atoms with Crippen LogP contribution in [0.5, 0.6) is 5.75 Å². The van der Waals surface area contributed by atoms with E-state index in [1.54, 1.807) is 18.2 Å². The fraction of sp³-hybridized carbons (Fsp3) is 0.263. The Bertz CT molecular complexity index is 777. The van der Waals surface area contributed by atoms with Crippen LogP contribution >= 0.6 is 24.0 Å². The van der Waals surface area contributed by atoms with E-state index in [0.717, 1.165) is 16.8 Å². The molecule has 1 N–H and O–H groups in total. The van der Waals surface area contributed by atoms with Crippen LogP contribution in [0.2, 0.25) is 5.02 Å². The molecular weight excluding hydrogens is 357 g/mol. The molecule has 0 amide bonds. The Morgan fingerprint density at radius 2 is 1.96 bits per heavy atom. The zero-order chi connectivity index (χ0) is 17.1. The van der Waals surface area contributed by atoms with Crippen LogP contribution in [-0.4, -0.2) is 30.2 Å². The summed E-state index contributed by atoms with van der Waals surface area (Å²) in [6.07, 6.45) is 0.566. The molecule has 2 aromatic carbocycles.